The molecule has 1 heterocycles. The predicted molar refractivity (Wildman–Crippen MR) is 65.6 cm³/mol. The molecule has 1 aliphatic carbocycles. The predicted octanol–water partition coefficient (Wildman–Crippen LogP) is -0.582. The summed E-state index contributed by atoms with van der Waals surface area (Å²) in [7, 11) is 0. The lowest BCUT2D eigenvalue weighted by molar-refractivity contribution is -0.140. The fraction of sp³-hybridized carbons (Fsp3) is 0.667. The van der Waals surface area contributed by atoms with E-state index >= 15 is 0 Å². The molecule has 0 bridgehead atoms. The number of carbonyl (C=O) groups excluding carboxylic acids is 1. The van der Waals surface area contributed by atoms with Crippen LogP contribution < -0.4 is 5.32 Å². The third-order valence-corrected chi connectivity index (χ3v) is 3.34. The molecule has 7 heteroatoms. The number of ether oxygens (including phenoxy) is 1. The summed E-state index contributed by atoms with van der Waals surface area (Å²) in [6.07, 6.45) is 3.35. The van der Waals surface area contributed by atoms with E-state index < -0.39 is 11.9 Å². The van der Waals surface area contributed by atoms with Crippen LogP contribution in [0.3, 0.4) is 0 Å². The van der Waals surface area contributed by atoms with Crippen molar-refractivity contribution in [3.8, 4) is 0 Å². The summed E-state index contributed by atoms with van der Waals surface area (Å²) in [5, 5.41) is 20.7. The molecule has 1 fully saturated rings. The second-order valence-corrected chi connectivity index (χ2v) is 4.74. The van der Waals surface area contributed by atoms with E-state index in [1.807, 2.05) is 0 Å². The number of aliphatic carboxylic acids is 1. The van der Waals surface area contributed by atoms with Gasteiger partial charge in [-0.25, -0.2) is 4.79 Å². The van der Waals surface area contributed by atoms with Crippen LogP contribution in [0.5, 0.6) is 0 Å². The highest BCUT2D eigenvalue weighted by Crippen LogP contribution is 2.18. The van der Waals surface area contributed by atoms with Crippen molar-refractivity contribution in [1.29, 1.82) is 0 Å². The van der Waals surface area contributed by atoms with E-state index in [1.54, 1.807) is 17.1 Å². The molecule has 1 aliphatic heterocycles. The molecule has 2 rings (SSSR count). The second-order valence-electron chi connectivity index (χ2n) is 4.74. The highest BCUT2D eigenvalue weighted by molar-refractivity contribution is 5.76. The molecule has 7 nitrogen and oxygen atoms in total. The van der Waals surface area contributed by atoms with Gasteiger partial charge in [0.2, 0.25) is 0 Å². The summed E-state index contributed by atoms with van der Waals surface area (Å²) in [6.45, 7) is 1.10. The number of aliphatic hydroxyl groups excluding tert-OH is 1. The molecule has 3 unspecified atom stereocenters. The van der Waals surface area contributed by atoms with Crippen LogP contribution in [0.4, 0.5) is 4.79 Å². The van der Waals surface area contributed by atoms with Gasteiger partial charge in [0.15, 0.2) is 0 Å². The molecule has 3 N–H and O–H groups in total. The van der Waals surface area contributed by atoms with Crippen molar-refractivity contribution in [2.75, 3.05) is 26.3 Å². The van der Waals surface area contributed by atoms with Crippen molar-refractivity contribution in [2.45, 2.75) is 18.6 Å². The Balaban J connectivity index is 1.82. The molecule has 0 aromatic carbocycles. The van der Waals surface area contributed by atoms with Crippen molar-refractivity contribution < 1.29 is 24.5 Å². The average molecular weight is 270 g/mol. The molecular formula is C12H18N2O5. The van der Waals surface area contributed by atoms with Crippen LogP contribution in [-0.2, 0) is 9.53 Å². The van der Waals surface area contributed by atoms with Crippen LogP contribution in [0, 0.1) is 5.92 Å². The van der Waals surface area contributed by atoms with Crippen LogP contribution in [0.1, 0.15) is 6.42 Å². The van der Waals surface area contributed by atoms with Gasteiger partial charge in [-0.15, -0.1) is 0 Å². The van der Waals surface area contributed by atoms with E-state index in [9.17, 15) is 9.59 Å². The summed E-state index contributed by atoms with van der Waals surface area (Å²) in [4.78, 5) is 24.4. The molecule has 0 saturated carbocycles. The highest BCUT2D eigenvalue weighted by atomic mass is 16.5. The van der Waals surface area contributed by atoms with Crippen molar-refractivity contribution in [2.24, 2.45) is 5.92 Å². The lowest BCUT2D eigenvalue weighted by Crippen LogP contribution is -2.52. The molecular weight excluding hydrogens is 252 g/mol. The summed E-state index contributed by atoms with van der Waals surface area (Å²) < 4.78 is 5.26. The van der Waals surface area contributed by atoms with Crippen LogP contribution in [0.25, 0.3) is 0 Å². The third kappa shape index (κ3) is 3.45. The van der Waals surface area contributed by atoms with Gasteiger partial charge in [0, 0.05) is 6.54 Å². The number of morpholine rings is 1. The van der Waals surface area contributed by atoms with Crippen molar-refractivity contribution in [3.05, 3.63) is 12.2 Å². The first-order valence-corrected chi connectivity index (χ1v) is 6.29. The molecule has 2 amide bonds. The summed E-state index contributed by atoms with van der Waals surface area (Å²) >= 11 is 0. The van der Waals surface area contributed by atoms with Crippen LogP contribution in [0.2, 0.25) is 0 Å². The van der Waals surface area contributed by atoms with Gasteiger partial charge in [-0.3, -0.25) is 4.79 Å². The smallest absolute Gasteiger partial charge is 0.318 e. The number of carboxylic acid groups (broad SMARTS) is 1. The molecule has 2 aliphatic rings. The van der Waals surface area contributed by atoms with Gasteiger partial charge in [-0.05, 0) is 6.42 Å². The van der Waals surface area contributed by atoms with E-state index in [0.717, 1.165) is 0 Å². The van der Waals surface area contributed by atoms with Gasteiger partial charge in [0.1, 0.15) is 0 Å². The van der Waals surface area contributed by atoms with Crippen LogP contribution in [-0.4, -0.2) is 65.6 Å². The SMILES string of the molecule is O=C(O)C1C=CC(NC(=O)N2CCOC(CO)C2)C1. The zero-order valence-corrected chi connectivity index (χ0v) is 10.5. The quantitative estimate of drug-likeness (QED) is 0.596. The summed E-state index contributed by atoms with van der Waals surface area (Å²) in [5.41, 5.74) is 0. The molecule has 0 aromatic heterocycles. The van der Waals surface area contributed by atoms with Gasteiger partial charge < -0.3 is 25.2 Å². The Morgan fingerprint density at radius 3 is 2.84 bits per heavy atom. The lowest BCUT2D eigenvalue weighted by Gasteiger charge is -2.32. The number of nitrogens with one attached hydrogen (secondary N) is 1. The average Bonchev–Trinajstić information content (AvgIpc) is 2.87. The van der Waals surface area contributed by atoms with Gasteiger partial charge in [0.25, 0.3) is 0 Å². The maximum absolute atomic E-state index is 12.0. The molecule has 19 heavy (non-hydrogen) atoms. The van der Waals surface area contributed by atoms with Crippen molar-refractivity contribution >= 4 is 12.0 Å². The lowest BCUT2D eigenvalue weighted by atomic mass is 10.1. The number of hydrogen-bond acceptors (Lipinski definition) is 4. The Hall–Kier alpha value is -1.60. The zero-order chi connectivity index (χ0) is 13.8. The highest BCUT2D eigenvalue weighted by Gasteiger charge is 2.28. The Labute approximate surface area is 110 Å². The number of carbonyl (C=O) groups is 2. The van der Waals surface area contributed by atoms with Crippen molar-refractivity contribution in [1.82, 2.24) is 10.2 Å². The largest absolute Gasteiger partial charge is 0.481 e. The Morgan fingerprint density at radius 2 is 2.21 bits per heavy atom. The number of carboxylic acids is 1. The van der Waals surface area contributed by atoms with E-state index in [0.29, 0.717) is 26.1 Å². The minimum atomic E-state index is -0.875. The second kappa shape index (κ2) is 6.03. The minimum Gasteiger partial charge on any atom is -0.481 e. The van der Waals surface area contributed by atoms with Crippen molar-refractivity contribution in [3.63, 3.8) is 0 Å². The number of rotatable bonds is 3. The fourth-order valence-electron chi connectivity index (χ4n) is 2.25. The maximum atomic E-state index is 12.0. The Morgan fingerprint density at radius 1 is 1.42 bits per heavy atom. The van der Waals surface area contributed by atoms with E-state index in [2.05, 4.69) is 5.32 Å². The minimum absolute atomic E-state index is 0.117. The molecule has 0 radical (unpaired) electrons. The monoisotopic (exact) mass is 270 g/mol. The van der Waals surface area contributed by atoms with Gasteiger partial charge in [0.05, 0.1) is 37.8 Å². The number of urea groups is 1. The molecule has 1 saturated heterocycles. The maximum Gasteiger partial charge on any atom is 0.318 e. The third-order valence-electron chi connectivity index (χ3n) is 3.34. The first-order chi connectivity index (χ1) is 9.10. The van der Waals surface area contributed by atoms with E-state index in [1.165, 1.54) is 0 Å². The summed E-state index contributed by atoms with van der Waals surface area (Å²) in [5.74, 6) is -1.40. The Bertz CT molecular complexity index is 384. The number of aliphatic hydroxyl groups is 1. The van der Waals surface area contributed by atoms with Crippen LogP contribution >= 0.6 is 0 Å². The van der Waals surface area contributed by atoms with Gasteiger partial charge in [-0.1, -0.05) is 12.2 Å². The van der Waals surface area contributed by atoms with E-state index in [4.69, 9.17) is 14.9 Å². The van der Waals surface area contributed by atoms with Gasteiger partial charge in [-0.2, -0.15) is 0 Å². The first kappa shape index (κ1) is 13.8. The van der Waals surface area contributed by atoms with Gasteiger partial charge >= 0.3 is 12.0 Å². The zero-order valence-electron chi connectivity index (χ0n) is 10.5. The number of hydrogen-bond donors (Lipinski definition) is 3. The summed E-state index contributed by atoms with van der Waals surface area (Å²) in [6, 6.07) is -0.494. The van der Waals surface area contributed by atoms with E-state index in [-0.39, 0.29) is 24.8 Å². The Kier molecular flexibility index (Phi) is 4.39. The fourth-order valence-corrected chi connectivity index (χ4v) is 2.25. The standard InChI is InChI=1S/C12H18N2O5/c15-7-10-6-14(3-4-19-10)12(18)13-9-2-1-8(5-9)11(16)17/h1-2,8-10,15H,3-7H2,(H,13,18)(H,16,17). The van der Waals surface area contributed by atoms with Crippen LogP contribution in [0.15, 0.2) is 12.2 Å². The normalized spacial score (nSPS) is 30.4. The molecule has 0 aromatic rings. The topological polar surface area (TPSA) is 99.1 Å². The molecule has 0 spiro atoms. The molecule has 3 atom stereocenters. The number of nitrogens with zero attached hydrogens (tertiary/aromatic N) is 1. The first-order valence-electron chi connectivity index (χ1n) is 6.29. The molecule has 106 valence electrons. The number of amides is 2.